The highest BCUT2D eigenvalue weighted by molar-refractivity contribution is 5.78. The van der Waals surface area contributed by atoms with Gasteiger partial charge in [0.05, 0.1) is 19.3 Å². The maximum absolute atomic E-state index is 13.7. The second kappa shape index (κ2) is 7.52. The smallest absolute Gasteiger partial charge is 0.255 e. The van der Waals surface area contributed by atoms with Crippen molar-refractivity contribution in [2.75, 3.05) is 31.6 Å². The molecule has 0 saturated carbocycles. The van der Waals surface area contributed by atoms with E-state index in [1.807, 2.05) is 4.90 Å². The van der Waals surface area contributed by atoms with E-state index in [0.29, 0.717) is 31.4 Å². The van der Waals surface area contributed by atoms with Gasteiger partial charge in [-0.1, -0.05) is 0 Å². The number of carbonyl (C=O) groups excluding carboxylic acids is 2. The molecule has 1 aromatic rings. The zero-order valence-corrected chi connectivity index (χ0v) is 16.2. The first-order valence-corrected chi connectivity index (χ1v) is 9.85. The molecule has 152 valence electrons. The van der Waals surface area contributed by atoms with Crippen molar-refractivity contribution < 1.29 is 18.7 Å². The van der Waals surface area contributed by atoms with Crippen LogP contribution in [0.5, 0.6) is 5.88 Å². The molecule has 0 radical (unpaired) electrons. The summed E-state index contributed by atoms with van der Waals surface area (Å²) in [4.78, 5) is 36.7. The van der Waals surface area contributed by atoms with Crippen LogP contribution in [0.3, 0.4) is 0 Å². The van der Waals surface area contributed by atoms with E-state index < -0.39 is 5.82 Å². The zero-order valence-electron chi connectivity index (χ0n) is 16.2. The molecule has 0 aliphatic carbocycles. The number of aromatic nitrogens is 2. The monoisotopic (exact) mass is 391 g/mol. The van der Waals surface area contributed by atoms with E-state index in [-0.39, 0.29) is 35.7 Å². The molecule has 3 fully saturated rings. The first-order chi connectivity index (χ1) is 13.5. The van der Waals surface area contributed by atoms with Crippen LogP contribution in [0.1, 0.15) is 32.6 Å². The van der Waals surface area contributed by atoms with Gasteiger partial charge in [-0.25, -0.2) is 4.98 Å². The Morgan fingerprint density at radius 3 is 2.93 bits per heavy atom. The molecule has 0 aromatic carbocycles. The lowest BCUT2D eigenvalue weighted by Gasteiger charge is -2.56. The number of piperidine rings is 3. The lowest BCUT2D eigenvalue weighted by molar-refractivity contribution is -0.149. The summed E-state index contributed by atoms with van der Waals surface area (Å²) in [6.45, 7) is 3.34. The Balaban J connectivity index is 1.62. The summed E-state index contributed by atoms with van der Waals surface area (Å²) in [5, 5.41) is 2.90. The first-order valence-electron chi connectivity index (χ1n) is 9.85. The molecule has 4 rings (SSSR count). The molecule has 28 heavy (non-hydrogen) atoms. The largest absolute Gasteiger partial charge is 0.479 e. The summed E-state index contributed by atoms with van der Waals surface area (Å²) in [6.07, 6.45) is 4.59. The average Bonchev–Trinajstić information content (AvgIpc) is 2.68. The van der Waals surface area contributed by atoms with Crippen LogP contribution < -0.4 is 15.0 Å². The van der Waals surface area contributed by atoms with Crippen molar-refractivity contribution in [3.8, 4) is 5.88 Å². The molecule has 1 N–H and O–H groups in total. The Hall–Kier alpha value is -2.45. The van der Waals surface area contributed by atoms with Crippen molar-refractivity contribution in [1.82, 2.24) is 20.2 Å². The van der Waals surface area contributed by atoms with Gasteiger partial charge >= 0.3 is 0 Å². The highest BCUT2D eigenvalue weighted by atomic mass is 19.1. The first kappa shape index (κ1) is 18.9. The van der Waals surface area contributed by atoms with Crippen LogP contribution in [0.4, 0.5) is 10.3 Å². The molecule has 3 saturated heterocycles. The van der Waals surface area contributed by atoms with E-state index >= 15 is 0 Å². The van der Waals surface area contributed by atoms with Crippen molar-refractivity contribution in [2.45, 2.75) is 44.7 Å². The maximum Gasteiger partial charge on any atom is 0.255 e. The van der Waals surface area contributed by atoms with Crippen LogP contribution in [0.25, 0.3) is 0 Å². The van der Waals surface area contributed by atoms with Gasteiger partial charge < -0.3 is 19.9 Å². The number of hydrogen-bond donors (Lipinski definition) is 1. The summed E-state index contributed by atoms with van der Waals surface area (Å²) in [6, 6.07) is 0.129. The summed E-state index contributed by atoms with van der Waals surface area (Å²) < 4.78 is 18.7. The van der Waals surface area contributed by atoms with Crippen LogP contribution in [0, 0.1) is 17.7 Å². The van der Waals surface area contributed by atoms with Crippen molar-refractivity contribution in [2.24, 2.45) is 11.8 Å². The van der Waals surface area contributed by atoms with Gasteiger partial charge in [0.2, 0.25) is 23.6 Å². The van der Waals surface area contributed by atoms with Crippen molar-refractivity contribution in [1.29, 1.82) is 0 Å². The van der Waals surface area contributed by atoms with Gasteiger partial charge in [-0.2, -0.15) is 9.37 Å². The van der Waals surface area contributed by atoms with Gasteiger partial charge in [0.15, 0.2) is 0 Å². The highest BCUT2D eigenvalue weighted by Crippen LogP contribution is 2.42. The Kier molecular flexibility index (Phi) is 5.07. The van der Waals surface area contributed by atoms with Crippen molar-refractivity contribution in [3.05, 3.63) is 12.0 Å². The molecule has 4 atom stereocenters. The van der Waals surface area contributed by atoms with Gasteiger partial charge in [-0.3, -0.25) is 9.59 Å². The lowest BCUT2D eigenvalue weighted by atomic mass is 9.72. The van der Waals surface area contributed by atoms with Gasteiger partial charge in [0, 0.05) is 39.0 Å². The van der Waals surface area contributed by atoms with E-state index in [0.717, 1.165) is 32.0 Å². The number of halogens is 1. The molecule has 3 aliphatic heterocycles. The van der Waals surface area contributed by atoms with E-state index in [4.69, 9.17) is 4.74 Å². The van der Waals surface area contributed by atoms with E-state index in [9.17, 15) is 14.0 Å². The van der Waals surface area contributed by atoms with Crippen LogP contribution in [0.15, 0.2) is 6.20 Å². The molecule has 0 unspecified atom stereocenters. The molecular weight excluding hydrogens is 365 g/mol. The van der Waals surface area contributed by atoms with Gasteiger partial charge in [0.1, 0.15) is 0 Å². The fourth-order valence-electron chi connectivity index (χ4n) is 5.09. The number of hydrogen-bond acceptors (Lipinski definition) is 6. The third kappa shape index (κ3) is 3.38. The fourth-order valence-corrected chi connectivity index (χ4v) is 5.09. The van der Waals surface area contributed by atoms with E-state index in [2.05, 4.69) is 20.2 Å². The van der Waals surface area contributed by atoms with E-state index in [1.54, 1.807) is 0 Å². The van der Waals surface area contributed by atoms with Gasteiger partial charge in [-0.05, 0) is 31.1 Å². The minimum absolute atomic E-state index is 0.0388. The molecular formula is C19H26FN5O3. The number of nitrogens with zero attached hydrogens (tertiary/aromatic N) is 4. The Labute approximate surface area is 163 Å². The minimum Gasteiger partial charge on any atom is -0.479 e. The van der Waals surface area contributed by atoms with Gasteiger partial charge in [0.25, 0.3) is 5.88 Å². The number of methoxy groups -OCH3 is 1. The molecule has 2 bridgehead atoms. The lowest BCUT2D eigenvalue weighted by Crippen LogP contribution is -2.67. The second-order valence-corrected chi connectivity index (χ2v) is 7.95. The maximum atomic E-state index is 13.7. The summed E-state index contributed by atoms with van der Waals surface area (Å²) in [5.74, 6) is 0.402. The number of carbonyl (C=O) groups is 2. The molecule has 8 nitrogen and oxygen atoms in total. The second-order valence-electron chi connectivity index (χ2n) is 7.95. The van der Waals surface area contributed by atoms with Crippen LogP contribution in [-0.4, -0.2) is 65.5 Å². The van der Waals surface area contributed by atoms with Crippen LogP contribution in [-0.2, 0) is 9.59 Å². The third-order valence-corrected chi connectivity index (χ3v) is 6.23. The van der Waals surface area contributed by atoms with Crippen molar-refractivity contribution >= 4 is 17.8 Å². The van der Waals surface area contributed by atoms with Crippen LogP contribution in [0.2, 0.25) is 0 Å². The molecule has 3 aliphatic rings. The normalized spacial score (nSPS) is 29.3. The van der Waals surface area contributed by atoms with E-state index in [1.165, 1.54) is 14.0 Å². The Morgan fingerprint density at radius 1 is 1.39 bits per heavy atom. The molecule has 4 heterocycles. The summed E-state index contributed by atoms with van der Waals surface area (Å²) in [7, 11) is 1.38. The third-order valence-electron chi connectivity index (χ3n) is 6.23. The molecule has 2 amide bonds. The topological polar surface area (TPSA) is 87.7 Å². The number of rotatable bonds is 4. The fraction of sp³-hybridized carbons (Fsp3) is 0.684. The van der Waals surface area contributed by atoms with Crippen molar-refractivity contribution in [3.63, 3.8) is 0 Å². The summed E-state index contributed by atoms with van der Waals surface area (Å²) >= 11 is 0. The standard InChI is InChI=1S/C19H26FN5O3/c1-11(26)21-8-16-13-6-12(15-4-3-5-17(27)25(15)16)9-24(10-13)19-22-7-14(20)18(23-19)28-2/h7,12-13,15-16H,3-6,8-10H2,1-2H3,(H,21,26)/t12-,13+,15+,16+/m1/s1. The zero-order chi connectivity index (χ0) is 19.8. The predicted molar refractivity (Wildman–Crippen MR) is 99.3 cm³/mol. The Bertz CT molecular complexity index is 776. The quantitative estimate of drug-likeness (QED) is 0.823. The molecule has 1 aromatic heterocycles. The van der Waals surface area contributed by atoms with Crippen LogP contribution >= 0.6 is 0 Å². The molecule has 9 heteroatoms. The number of nitrogens with one attached hydrogen (secondary N) is 1. The number of amides is 2. The van der Waals surface area contributed by atoms with Gasteiger partial charge in [-0.15, -0.1) is 0 Å². The molecule has 0 spiro atoms. The Morgan fingerprint density at radius 2 is 2.18 bits per heavy atom. The number of ether oxygens (including phenoxy) is 1. The number of anilines is 1. The average molecular weight is 391 g/mol. The predicted octanol–water partition coefficient (Wildman–Crippen LogP) is 0.966. The SMILES string of the molecule is COc1nc(N2C[C@H]3C[C@@H](C2)[C@H](CNC(C)=O)N2C(=O)CCC[C@@H]32)ncc1F. The highest BCUT2D eigenvalue weighted by Gasteiger charge is 2.49. The summed E-state index contributed by atoms with van der Waals surface area (Å²) in [5.41, 5.74) is 0. The minimum atomic E-state index is -0.587. The number of fused-ring (bicyclic) bond motifs is 4.